The summed E-state index contributed by atoms with van der Waals surface area (Å²) >= 11 is 0. The van der Waals surface area contributed by atoms with Crippen molar-refractivity contribution in [1.82, 2.24) is 0 Å². The zero-order valence-corrected chi connectivity index (χ0v) is 15.6. The van der Waals surface area contributed by atoms with Crippen molar-refractivity contribution in [1.29, 1.82) is 0 Å². The first-order chi connectivity index (χ1) is 13.1. The molecular weight excluding hydrogens is 332 g/mol. The molecule has 3 aromatic rings. The average Bonchev–Trinajstić information content (AvgIpc) is 2.69. The number of anilines is 2. The number of fused-ring (bicyclic) bond motifs is 5. The minimum Gasteiger partial charge on any atom is -0.346 e. The number of hydrogen-bond acceptors (Lipinski definition) is 2. The minimum atomic E-state index is -0.0984. The van der Waals surface area contributed by atoms with Gasteiger partial charge in [0.15, 0.2) is 0 Å². The maximum atomic E-state index is 13.7. The van der Waals surface area contributed by atoms with Crippen LogP contribution in [0.3, 0.4) is 0 Å². The van der Waals surface area contributed by atoms with Crippen LogP contribution in [0.4, 0.5) is 11.4 Å². The fourth-order valence-electron chi connectivity index (χ4n) is 4.46. The molecule has 5 rings (SSSR count). The van der Waals surface area contributed by atoms with Crippen molar-refractivity contribution in [3.8, 4) is 0 Å². The Balaban J connectivity index is 1.79. The van der Waals surface area contributed by atoms with Crippen LogP contribution in [-0.4, -0.2) is 12.5 Å². The Bertz CT molecular complexity index is 1060. The number of carbonyl (C=O) groups excluding carboxylic acids is 1. The highest BCUT2D eigenvalue weighted by atomic mass is 16.2. The van der Waals surface area contributed by atoms with Crippen molar-refractivity contribution in [2.24, 2.45) is 0 Å². The van der Waals surface area contributed by atoms with Crippen molar-refractivity contribution < 1.29 is 4.79 Å². The van der Waals surface area contributed by atoms with E-state index in [2.05, 4.69) is 60.4 Å². The summed E-state index contributed by atoms with van der Waals surface area (Å²) in [6.07, 6.45) is 0.897. The number of carbonyl (C=O) groups is 1. The number of amides is 1. The zero-order chi connectivity index (χ0) is 18.5. The third-order valence-corrected chi connectivity index (χ3v) is 5.78. The molecule has 0 bridgehead atoms. The summed E-state index contributed by atoms with van der Waals surface area (Å²) in [4.78, 5) is 18.1. The van der Waals surface area contributed by atoms with E-state index in [9.17, 15) is 4.79 Å². The highest BCUT2D eigenvalue weighted by Gasteiger charge is 2.42. The van der Waals surface area contributed by atoms with Crippen molar-refractivity contribution >= 4 is 17.3 Å². The van der Waals surface area contributed by atoms with Crippen LogP contribution in [0.5, 0.6) is 0 Å². The Morgan fingerprint density at radius 2 is 1.67 bits per heavy atom. The number of rotatable bonds is 1. The fraction of sp³-hybridized carbons (Fsp3) is 0.208. The van der Waals surface area contributed by atoms with Gasteiger partial charge in [-0.3, -0.25) is 9.69 Å². The first-order valence-electron chi connectivity index (χ1n) is 9.49. The van der Waals surface area contributed by atoms with Crippen LogP contribution in [0.25, 0.3) is 0 Å². The quantitative estimate of drug-likeness (QED) is 0.612. The van der Waals surface area contributed by atoms with Crippen LogP contribution >= 0.6 is 0 Å². The summed E-state index contributed by atoms with van der Waals surface area (Å²) in [5, 5.41) is 0. The number of aryl methyl sites for hydroxylation is 2. The molecule has 3 aromatic carbocycles. The minimum absolute atomic E-state index is 0.0842. The molecule has 1 amide bonds. The van der Waals surface area contributed by atoms with Crippen molar-refractivity contribution in [2.45, 2.75) is 26.4 Å². The normalized spacial score (nSPS) is 18.0. The molecule has 27 heavy (non-hydrogen) atoms. The van der Waals surface area contributed by atoms with Crippen molar-refractivity contribution in [3.05, 3.63) is 94.5 Å². The van der Waals surface area contributed by atoms with Crippen LogP contribution in [0.1, 0.15) is 38.8 Å². The molecule has 0 saturated heterocycles. The van der Waals surface area contributed by atoms with E-state index in [4.69, 9.17) is 0 Å². The van der Waals surface area contributed by atoms with Gasteiger partial charge in [-0.05, 0) is 55.2 Å². The predicted molar refractivity (Wildman–Crippen MR) is 109 cm³/mol. The van der Waals surface area contributed by atoms with Gasteiger partial charge in [0, 0.05) is 12.2 Å². The van der Waals surface area contributed by atoms with E-state index >= 15 is 0 Å². The number of para-hydroxylation sites is 1. The maximum absolute atomic E-state index is 13.7. The third-order valence-electron chi connectivity index (χ3n) is 5.78. The lowest BCUT2D eigenvalue weighted by Gasteiger charge is -2.49. The summed E-state index contributed by atoms with van der Waals surface area (Å²) in [5.74, 6) is 0.0842. The van der Waals surface area contributed by atoms with E-state index in [1.165, 1.54) is 11.1 Å². The van der Waals surface area contributed by atoms with Crippen LogP contribution in [0, 0.1) is 13.8 Å². The van der Waals surface area contributed by atoms with E-state index in [1.807, 2.05) is 30.0 Å². The van der Waals surface area contributed by atoms with Crippen LogP contribution in [-0.2, 0) is 6.42 Å². The van der Waals surface area contributed by atoms with E-state index in [-0.39, 0.29) is 12.1 Å². The largest absolute Gasteiger partial charge is 0.346 e. The Kier molecular flexibility index (Phi) is 3.57. The van der Waals surface area contributed by atoms with E-state index in [0.29, 0.717) is 0 Å². The van der Waals surface area contributed by atoms with Gasteiger partial charge in [-0.1, -0.05) is 54.1 Å². The molecule has 0 saturated carbocycles. The zero-order valence-electron chi connectivity index (χ0n) is 15.6. The Morgan fingerprint density at radius 1 is 0.889 bits per heavy atom. The highest BCUT2D eigenvalue weighted by molar-refractivity contribution is 6.13. The molecule has 0 aliphatic carbocycles. The Morgan fingerprint density at radius 3 is 2.52 bits per heavy atom. The predicted octanol–water partition coefficient (Wildman–Crippen LogP) is 5.03. The van der Waals surface area contributed by atoms with Gasteiger partial charge in [-0.2, -0.15) is 0 Å². The molecule has 2 heterocycles. The second kappa shape index (κ2) is 5.98. The van der Waals surface area contributed by atoms with Gasteiger partial charge in [0.05, 0.1) is 11.3 Å². The van der Waals surface area contributed by atoms with Gasteiger partial charge in [-0.15, -0.1) is 0 Å². The second-order valence-corrected chi connectivity index (χ2v) is 7.50. The van der Waals surface area contributed by atoms with Gasteiger partial charge in [0.25, 0.3) is 5.91 Å². The van der Waals surface area contributed by atoms with E-state index in [0.717, 1.165) is 41.0 Å². The summed E-state index contributed by atoms with van der Waals surface area (Å²) in [6, 6.07) is 22.9. The number of benzene rings is 3. The lowest BCUT2D eigenvalue weighted by Crippen LogP contribution is -2.52. The Hall–Kier alpha value is -3.07. The van der Waals surface area contributed by atoms with Crippen molar-refractivity contribution in [2.75, 3.05) is 16.3 Å². The lowest BCUT2D eigenvalue weighted by atomic mass is 9.91. The van der Waals surface area contributed by atoms with Crippen LogP contribution < -0.4 is 9.80 Å². The van der Waals surface area contributed by atoms with Crippen LogP contribution in [0.2, 0.25) is 0 Å². The molecule has 1 atom stereocenters. The molecule has 0 spiro atoms. The molecule has 2 aliphatic rings. The molecule has 0 radical (unpaired) electrons. The molecule has 0 fully saturated rings. The Labute approximate surface area is 159 Å². The van der Waals surface area contributed by atoms with Gasteiger partial charge >= 0.3 is 0 Å². The smallest absolute Gasteiger partial charge is 0.262 e. The average molecular weight is 354 g/mol. The standard InChI is InChI=1S/C24H22N2O/c1-16-11-12-22-20(15-16)24(27)26(21-10-6-3-7-17(21)2)23-19-9-5-4-8-18(19)13-14-25(22)23/h3-12,15,23H,13-14H2,1-2H3. The van der Waals surface area contributed by atoms with Gasteiger partial charge in [0.2, 0.25) is 0 Å². The molecule has 0 N–H and O–H groups in total. The molecular formula is C24H22N2O. The molecule has 134 valence electrons. The maximum Gasteiger partial charge on any atom is 0.262 e. The second-order valence-electron chi connectivity index (χ2n) is 7.50. The number of nitrogens with zero attached hydrogens (tertiary/aromatic N) is 2. The monoisotopic (exact) mass is 354 g/mol. The summed E-state index contributed by atoms with van der Waals surface area (Å²) in [6.45, 7) is 5.03. The topological polar surface area (TPSA) is 23.6 Å². The third kappa shape index (κ3) is 2.38. The number of hydrogen-bond donors (Lipinski definition) is 0. The first kappa shape index (κ1) is 16.1. The van der Waals surface area contributed by atoms with Gasteiger partial charge in [0.1, 0.15) is 6.17 Å². The molecule has 3 nitrogen and oxygen atoms in total. The van der Waals surface area contributed by atoms with Crippen LogP contribution in [0.15, 0.2) is 66.7 Å². The van der Waals surface area contributed by atoms with E-state index in [1.54, 1.807) is 0 Å². The SMILES string of the molecule is Cc1ccc2c(c1)C(=O)N(c1ccccc1C)C1c3ccccc3CCN21. The summed E-state index contributed by atoms with van der Waals surface area (Å²) < 4.78 is 0. The first-order valence-corrected chi connectivity index (χ1v) is 9.49. The van der Waals surface area contributed by atoms with Gasteiger partial charge < -0.3 is 4.90 Å². The summed E-state index contributed by atoms with van der Waals surface area (Å²) in [5.41, 5.74) is 7.63. The van der Waals surface area contributed by atoms with Crippen molar-refractivity contribution in [3.63, 3.8) is 0 Å². The molecule has 3 heteroatoms. The molecule has 2 aliphatic heterocycles. The van der Waals surface area contributed by atoms with Gasteiger partial charge in [-0.25, -0.2) is 0 Å². The summed E-state index contributed by atoms with van der Waals surface area (Å²) in [7, 11) is 0. The highest BCUT2D eigenvalue weighted by Crippen LogP contribution is 2.45. The lowest BCUT2D eigenvalue weighted by molar-refractivity contribution is 0.0967. The fourth-order valence-corrected chi connectivity index (χ4v) is 4.46. The van der Waals surface area contributed by atoms with E-state index < -0.39 is 0 Å². The molecule has 1 unspecified atom stereocenters. The molecule has 0 aromatic heterocycles.